The first-order chi connectivity index (χ1) is 12.0. The van der Waals surface area contributed by atoms with Gasteiger partial charge in [0, 0.05) is 41.3 Å². The highest BCUT2D eigenvalue weighted by atomic mass is 16.6. The lowest BCUT2D eigenvalue weighted by Crippen LogP contribution is -2.46. The second kappa shape index (κ2) is 7.17. The average molecular weight is 343 g/mol. The van der Waals surface area contributed by atoms with Crippen molar-refractivity contribution in [2.75, 3.05) is 19.7 Å². The van der Waals surface area contributed by atoms with Gasteiger partial charge < -0.3 is 19.9 Å². The van der Waals surface area contributed by atoms with Gasteiger partial charge in [-0.2, -0.15) is 0 Å². The summed E-state index contributed by atoms with van der Waals surface area (Å²) < 4.78 is 5.02. The van der Waals surface area contributed by atoms with Crippen LogP contribution in [0.15, 0.2) is 18.2 Å². The van der Waals surface area contributed by atoms with Gasteiger partial charge in [-0.05, 0) is 57.4 Å². The molecule has 6 nitrogen and oxygen atoms in total. The summed E-state index contributed by atoms with van der Waals surface area (Å²) in [5, 5.41) is 4.18. The number of hydrogen-bond donors (Lipinski definition) is 2. The standard InChI is InChI=1S/C19H25N3O3/c1-4-25-19(24)22-9-7-15(8-10-22)21-18(23)14-5-6-17-16(11-14)12(2)13(3)20-17/h5-6,11,15,20H,4,7-10H2,1-3H3,(H,21,23). The highest BCUT2D eigenvalue weighted by molar-refractivity contribution is 5.99. The van der Waals surface area contributed by atoms with Gasteiger partial charge in [-0.3, -0.25) is 4.79 Å². The van der Waals surface area contributed by atoms with E-state index < -0.39 is 0 Å². The summed E-state index contributed by atoms with van der Waals surface area (Å²) in [5.74, 6) is -0.0604. The number of nitrogens with zero attached hydrogens (tertiary/aromatic N) is 1. The fraction of sp³-hybridized carbons (Fsp3) is 0.474. The molecule has 1 aliphatic rings. The zero-order valence-corrected chi connectivity index (χ0v) is 15.0. The summed E-state index contributed by atoms with van der Waals surface area (Å²) >= 11 is 0. The summed E-state index contributed by atoms with van der Waals surface area (Å²) in [6.07, 6.45) is 1.22. The molecule has 1 aliphatic heterocycles. The van der Waals surface area contributed by atoms with Crippen LogP contribution in [0, 0.1) is 13.8 Å². The Labute approximate surface area is 147 Å². The van der Waals surface area contributed by atoms with E-state index in [0.717, 1.165) is 29.4 Å². The monoisotopic (exact) mass is 343 g/mol. The molecule has 0 saturated carbocycles. The molecule has 1 aromatic carbocycles. The Morgan fingerprint density at radius 2 is 2.00 bits per heavy atom. The number of carbonyl (C=O) groups is 2. The molecule has 134 valence electrons. The Kier molecular flexibility index (Phi) is 4.97. The van der Waals surface area contributed by atoms with Crippen LogP contribution in [0.1, 0.15) is 41.4 Å². The van der Waals surface area contributed by atoms with E-state index in [1.54, 1.807) is 11.8 Å². The minimum Gasteiger partial charge on any atom is -0.450 e. The molecule has 2 amide bonds. The molecule has 0 aliphatic carbocycles. The van der Waals surface area contributed by atoms with Crippen molar-refractivity contribution in [2.24, 2.45) is 0 Å². The molecule has 2 heterocycles. The molecule has 0 bridgehead atoms. The maximum absolute atomic E-state index is 12.6. The van der Waals surface area contributed by atoms with Gasteiger partial charge in [-0.15, -0.1) is 0 Å². The summed E-state index contributed by atoms with van der Waals surface area (Å²) in [6.45, 7) is 7.50. The number of hydrogen-bond acceptors (Lipinski definition) is 3. The molecule has 2 aromatic rings. The maximum Gasteiger partial charge on any atom is 0.409 e. The third-order valence-electron chi connectivity index (χ3n) is 4.93. The number of aromatic nitrogens is 1. The second-order valence-corrected chi connectivity index (χ2v) is 6.57. The molecule has 1 saturated heterocycles. The van der Waals surface area contributed by atoms with Gasteiger partial charge in [0.05, 0.1) is 6.61 Å². The van der Waals surface area contributed by atoms with Crippen LogP contribution in [0.3, 0.4) is 0 Å². The number of H-pyrrole nitrogens is 1. The first-order valence-corrected chi connectivity index (χ1v) is 8.81. The third-order valence-corrected chi connectivity index (χ3v) is 4.93. The Bertz CT molecular complexity index is 789. The predicted molar refractivity (Wildman–Crippen MR) is 96.9 cm³/mol. The number of ether oxygens (including phenoxy) is 1. The molecule has 0 atom stereocenters. The number of likely N-dealkylation sites (tertiary alicyclic amines) is 1. The van der Waals surface area contributed by atoms with Crippen molar-refractivity contribution in [3.05, 3.63) is 35.0 Å². The van der Waals surface area contributed by atoms with Crippen LogP contribution >= 0.6 is 0 Å². The zero-order chi connectivity index (χ0) is 18.0. The average Bonchev–Trinajstić information content (AvgIpc) is 2.89. The van der Waals surface area contributed by atoms with E-state index in [-0.39, 0.29) is 18.0 Å². The number of carbonyl (C=O) groups excluding carboxylic acids is 2. The molecule has 6 heteroatoms. The topological polar surface area (TPSA) is 74.4 Å². The van der Waals surface area contributed by atoms with Crippen LogP contribution in [-0.2, 0) is 4.74 Å². The summed E-state index contributed by atoms with van der Waals surface area (Å²) in [7, 11) is 0. The molecule has 0 radical (unpaired) electrons. The molecule has 1 fully saturated rings. The first kappa shape index (κ1) is 17.3. The van der Waals surface area contributed by atoms with Crippen molar-refractivity contribution in [1.29, 1.82) is 0 Å². The summed E-state index contributed by atoms with van der Waals surface area (Å²) in [6, 6.07) is 5.83. The fourth-order valence-electron chi connectivity index (χ4n) is 3.29. The summed E-state index contributed by atoms with van der Waals surface area (Å²) in [5.41, 5.74) is 4.02. The lowest BCUT2D eigenvalue weighted by Gasteiger charge is -2.31. The van der Waals surface area contributed by atoms with E-state index in [9.17, 15) is 9.59 Å². The van der Waals surface area contributed by atoms with E-state index in [0.29, 0.717) is 25.3 Å². The van der Waals surface area contributed by atoms with Crippen LogP contribution < -0.4 is 5.32 Å². The van der Waals surface area contributed by atoms with E-state index in [1.165, 1.54) is 5.56 Å². The Balaban J connectivity index is 1.61. The Morgan fingerprint density at radius 3 is 2.68 bits per heavy atom. The first-order valence-electron chi connectivity index (χ1n) is 8.81. The SMILES string of the molecule is CCOC(=O)N1CCC(NC(=O)c2ccc3[nH]c(C)c(C)c3c2)CC1. The predicted octanol–water partition coefficient (Wildman–Crippen LogP) is 3.14. The number of aromatic amines is 1. The molecular weight excluding hydrogens is 318 g/mol. The molecule has 0 unspecified atom stereocenters. The maximum atomic E-state index is 12.6. The van der Waals surface area contributed by atoms with Crippen LogP contribution in [-0.4, -0.2) is 47.6 Å². The van der Waals surface area contributed by atoms with Crippen LogP contribution in [0.2, 0.25) is 0 Å². The van der Waals surface area contributed by atoms with E-state index in [4.69, 9.17) is 4.74 Å². The van der Waals surface area contributed by atoms with Gasteiger partial charge >= 0.3 is 6.09 Å². The van der Waals surface area contributed by atoms with Crippen molar-refractivity contribution in [2.45, 2.75) is 39.7 Å². The quantitative estimate of drug-likeness (QED) is 0.899. The zero-order valence-electron chi connectivity index (χ0n) is 15.0. The van der Waals surface area contributed by atoms with E-state index in [1.807, 2.05) is 25.1 Å². The Morgan fingerprint density at radius 1 is 1.28 bits per heavy atom. The van der Waals surface area contributed by atoms with Gasteiger partial charge in [-0.1, -0.05) is 0 Å². The molecule has 0 spiro atoms. The lowest BCUT2D eigenvalue weighted by molar-refractivity contribution is 0.0860. The molecular formula is C19H25N3O3. The minimum atomic E-state index is -0.268. The highest BCUT2D eigenvalue weighted by Crippen LogP contribution is 2.22. The van der Waals surface area contributed by atoms with E-state index >= 15 is 0 Å². The van der Waals surface area contributed by atoms with Gasteiger partial charge in [-0.25, -0.2) is 4.79 Å². The van der Waals surface area contributed by atoms with Crippen molar-refractivity contribution in [3.63, 3.8) is 0 Å². The lowest BCUT2D eigenvalue weighted by atomic mass is 10.0. The van der Waals surface area contributed by atoms with Crippen molar-refractivity contribution >= 4 is 22.9 Å². The molecule has 25 heavy (non-hydrogen) atoms. The van der Waals surface area contributed by atoms with Crippen molar-refractivity contribution < 1.29 is 14.3 Å². The number of aryl methyl sites for hydroxylation is 2. The number of nitrogens with one attached hydrogen (secondary N) is 2. The number of fused-ring (bicyclic) bond motifs is 1. The number of piperidine rings is 1. The van der Waals surface area contributed by atoms with E-state index in [2.05, 4.69) is 17.2 Å². The molecule has 3 rings (SSSR count). The fourth-order valence-corrected chi connectivity index (χ4v) is 3.29. The number of amides is 2. The largest absolute Gasteiger partial charge is 0.450 e. The normalized spacial score (nSPS) is 15.4. The number of rotatable bonds is 3. The van der Waals surface area contributed by atoms with Gasteiger partial charge in [0.1, 0.15) is 0 Å². The molecule has 2 N–H and O–H groups in total. The van der Waals surface area contributed by atoms with Crippen molar-refractivity contribution in [3.8, 4) is 0 Å². The number of benzene rings is 1. The third kappa shape index (κ3) is 3.62. The summed E-state index contributed by atoms with van der Waals surface area (Å²) in [4.78, 5) is 29.3. The Hall–Kier alpha value is -2.50. The van der Waals surface area contributed by atoms with Crippen LogP contribution in [0.25, 0.3) is 10.9 Å². The smallest absolute Gasteiger partial charge is 0.409 e. The van der Waals surface area contributed by atoms with Gasteiger partial charge in [0.25, 0.3) is 5.91 Å². The van der Waals surface area contributed by atoms with Gasteiger partial charge in [0.15, 0.2) is 0 Å². The van der Waals surface area contributed by atoms with Crippen LogP contribution in [0.4, 0.5) is 4.79 Å². The van der Waals surface area contributed by atoms with Gasteiger partial charge in [0.2, 0.25) is 0 Å². The van der Waals surface area contributed by atoms with Crippen molar-refractivity contribution in [1.82, 2.24) is 15.2 Å². The second-order valence-electron chi connectivity index (χ2n) is 6.57. The minimum absolute atomic E-state index is 0.0604. The van der Waals surface area contributed by atoms with Crippen LogP contribution in [0.5, 0.6) is 0 Å². The molecule has 1 aromatic heterocycles. The highest BCUT2D eigenvalue weighted by Gasteiger charge is 2.24.